The molecule has 0 bridgehead atoms. The van der Waals surface area contributed by atoms with E-state index >= 15 is 0 Å². The van der Waals surface area contributed by atoms with Gasteiger partial charge in [-0.3, -0.25) is 8.74 Å². The fourth-order valence-electron chi connectivity index (χ4n) is 0.189. The van der Waals surface area contributed by atoms with Crippen molar-refractivity contribution in [1.82, 2.24) is 0 Å². The lowest BCUT2D eigenvalue weighted by Crippen LogP contribution is -2.24. The van der Waals surface area contributed by atoms with Gasteiger partial charge < -0.3 is 0 Å². The molecular formula is CH4O8S3. The van der Waals surface area contributed by atoms with Crippen LogP contribution in [0.25, 0.3) is 0 Å². The maximum Gasteiger partial charge on any atom is 0.406 e. The quantitative estimate of drug-likeness (QED) is 0.446. The Morgan fingerprint density at radius 3 is 1.42 bits per heavy atom. The van der Waals surface area contributed by atoms with Gasteiger partial charge >= 0.3 is 26.2 Å². The Labute approximate surface area is 67.7 Å². The minimum atomic E-state index is -5.75. The lowest BCUT2D eigenvalue weighted by molar-refractivity contribution is 0.409. The molecule has 0 heterocycles. The van der Waals surface area contributed by atoms with Gasteiger partial charge in [-0.25, -0.2) is 0 Å². The Morgan fingerprint density at radius 2 is 1.33 bits per heavy atom. The molecule has 0 aliphatic carbocycles. The van der Waals surface area contributed by atoms with Gasteiger partial charge in [0.1, 0.15) is 0 Å². The van der Waals surface area contributed by atoms with Crippen LogP contribution in [0.4, 0.5) is 0 Å². The molecule has 0 aliphatic rings. The molecule has 0 saturated heterocycles. The van der Waals surface area contributed by atoms with E-state index in [1.54, 1.807) is 0 Å². The molecular weight excluding hydrogens is 236 g/mol. The van der Waals surface area contributed by atoms with Gasteiger partial charge in [0, 0.05) is 0 Å². The van der Waals surface area contributed by atoms with Crippen LogP contribution >= 0.6 is 0 Å². The first-order chi connectivity index (χ1) is 5.06. The van der Waals surface area contributed by atoms with Crippen molar-refractivity contribution in [3.05, 3.63) is 0 Å². The molecule has 74 valence electrons. The molecule has 12 heavy (non-hydrogen) atoms. The van der Waals surface area contributed by atoms with Crippen molar-refractivity contribution in [2.75, 3.05) is 7.11 Å². The predicted octanol–water partition coefficient (Wildman–Crippen LogP) is -1.90. The standard InChI is InChI=1S/CH4O8S3/c1-9-11(5,6)12(7,8)10(2,3)4/h1H3,(H,2,3,4). The van der Waals surface area contributed by atoms with Crippen molar-refractivity contribution < 1.29 is 34.0 Å². The van der Waals surface area contributed by atoms with Crippen molar-refractivity contribution >= 4 is 26.2 Å². The second-order valence-corrected chi connectivity index (χ2v) is 9.99. The number of hydrogen-bond acceptors (Lipinski definition) is 7. The molecule has 11 heteroatoms. The summed E-state index contributed by atoms with van der Waals surface area (Å²) in [6, 6.07) is 0. The van der Waals surface area contributed by atoms with Crippen LogP contribution in [0.2, 0.25) is 0 Å². The third-order valence-electron chi connectivity index (χ3n) is 0.712. The molecule has 0 aromatic rings. The SMILES string of the molecule is COS(=O)(=O)S(=O)(=O)S(=O)(=O)O. The third-order valence-corrected chi connectivity index (χ3v) is 8.64. The number of hydrogen-bond donors (Lipinski definition) is 1. The van der Waals surface area contributed by atoms with Crippen LogP contribution in [0.15, 0.2) is 0 Å². The Bertz CT molecular complexity index is 444. The minimum absolute atomic E-state index is 0.443. The zero-order chi connectivity index (χ0) is 10.2. The van der Waals surface area contributed by atoms with E-state index in [0.717, 1.165) is 0 Å². The summed E-state index contributed by atoms with van der Waals surface area (Å²) in [5.41, 5.74) is 0. The third kappa shape index (κ3) is 1.74. The molecule has 0 fully saturated rings. The summed E-state index contributed by atoms with van der Waals surface area (Å²) in [5, 5.41) is 0. The molecule has 0 amide bonds. The Kier molecular flexibility index (Phi) is 2.86. The molecule has 1 N–H and O–H groups in total. The van der Waals surface area contributed by atoms with Crippen LogP contribution in [0, 0.1) is 0 Å². The minimum Gasteiger partial charge on any atom is -0.273 e. The van der Waals surface area contributed by atoms with Crippen LogP contribution in [0.3, 0.4) is 0 Å². The zero-order valence-electron chi connectivity index (χ0n) is 5.53. The van der Waals surface area contributed by atoms with Gasteiger partial charge in [0.05, 0.1) is 7.11 Å². The molecule has 0 atom stereocenters. The smallest absolute Gasteiger partial charge is 0.273 e. The summed E-state index contributed by atoms with van der Waals surface area (Å²) in [5.74, 6) is 0. The Balaban J connectivity index is 5.85. The van der Waals surface area contributed by atoms with Crippen LogP contribution < -0.4 is 0 Å². The molecule has 0 spiro atoms. The first-order valence-electron chi connectivity index (χ1n) is 2.09. The van der Waals surface area contributed by atoms with Gasteiger partial charge in [-0.15, -0.1) is 0 Å². The highest BCUT2D eigenvalue weighted by Gasteiger charge is 2.42. The highest BCUT2D eigenvalue weighted by atomic mass is 33.6. The first-order valence-corrected chi connectivity index (χ1v) is 7.46. The van der Waals surface area contributed by atoms with Crippen molar-refractivity contribution in [2.24, 2.45) is 0 Å². The van der Waals surface area contributed by atoms with Gasteiger partial charge in [0.2, 0.25) is 0 Å². The van der Waals surface area contributed by atoms with Crippen molar-refractivity contribution in [3.8, 4) is 0 Å². The maximum absolute atomic E-state index is 10.4. The molecule has 0 unspecified atom stereocenters. The van der Waals surface area contributed by atoms with E-state index in [9.17, 15) is 25.3 Å². The molecule has 8 nitrogen and oxygen atoms in total. The summed E-state index contributed by atoms with van der Waals surface area (Å²) in [4.78, 5) is 0. The number of rotatable bonds is 3. The topological polar surface area (TPSA) is 132 Å². The normalized spacial score (nSPS) is 14.5. The fraction of sp³-hybridized carbons (Fsp3) is 1.00. The summed E-state index contributed by atoms with van der Waals surface area (Å²) in [6.07, 6.45) is 0. The highest BCUT2D eigenvalue weighted by Crippen LogP contribution is 2.10. The monoisotopic (exact) mass is 240 g/mol. The Morgan fingerprint density at radius 1 is 1.00 bits per heavy atom. The summed E-state index contributed by atoms with van der Waals surface area (Å²) in [7, 11) is -16.3. The van der Waals surface area contributed by atoms with E-state index < -0.39 is 26.2 Å². The highest BCUT2D eigenvalue weighted by molar-refractivity contribution is 8.97. The summed E-state index contributed by atoms with van der Waals surface area (Å²) >= 11 is 0. The lowest BCUT2D eigenvalue weighted by atomic mass is 11.8. The van der Waals surface area contributed by atoms with Gasteiger partial charge in [0.25, 0.3) is 0 Å². The Hall–Kier alpha value is -0.230. The molecule has 0 rings (SSSR count). The molecule has 0 aromatic carbocycles. The maximum atomic E-state index is 10.4. The lowest BCUT2D eigenvalue weighted by Gasteiger charge is -1.98. The van der Waals surface area contributed by atoms with E-state index in [4.69, 9.17) is 4.55 Å². The van der Waals surface area contributed by atoms with Gasteiger partial charge in [-0.2, -0.15) is 25.3 Å². The van der Waals surface area contributed by atoms with Crippen molar-refractivity contribution in [1.29, 1.82) is 0 Å². The average molecular weight is 240 g/mol. The largest absolute Gasteiger partial charge is 0.406 e. The van der Waals surface area contributed by atoms with Gasteiger partial charge in [-0.05, 0) is 0 Å². The van der Waals surface area contributed by atoms with E-state index in [1.165, 1.54) is 0 Å². The average Bonchev–Trinajstić information content (AvgIpc) is 1.85. The van der Waals surface area contributed by atoms with E-state index in [2.05, 4.69) is 4.18 Å². The van der Waals surface area contributed by atoms with E-state index in [1.807, 2.05) is 0 Å². The zero-order valence-corrected chi connectivity index (χ0v) is 7.98. The summed E-state index contributed by atoms with van der Waals surface area (Å²) < 4.78 is 72.6. The molecule has 0 saturated carbocycles. The second kappa shape index (κ2) is 2.92. The van der Waals surface area contributed by atoms with Crippen LogP contribution in [0.1, 0.15) is 0 Å². The fourth-order valence-corrected chi connectivity index (χ4v) is 4.09. The molecule has 0 radical (unpaired) electrons. The van der Waals surface area contributed by atoms with Crippen LogP contribution in [-0.2, 0) is 30.4 Å². The summed E-state index contributed by atoms with van der Waals surface area (Å²) in [6.45, 7) is 0. The second-order valence-electron chi connectivity index (χ2n) is 1.41. The van der Waals surface area contributed by atoms with Crippen LogP contribution in [0.5, 0.6) is 0 Å². The van der Waals surface area contributed by atoms with E-state index in [-0.39, 0.29) is 0 Å². The van der Waals surface area contributed by atoms with Crippen molar-refractivity contribution in [2.45, 2.75) is 0 Å². The van der Waals surface area contributed by atoms with Crippen molar-refractivity contribution in [3.63, 3.8) is 0 Å². The molecule has 0 aromatic heterocycles. The van der Waals surface area contributed by atoms with Crippen LogP contribution in [-0.4, -0.2) is 36.9 Å². The van der Waals surface area contributed by atoms with E-state index in [0.29, 0.717) is 7.11 Å². The molecule has 0 aliphatic heterocycles. The van der Waals surface area contributed by atoms with Gasteiger partial charge in [-0.1, -0.05) is 0 Å². The first kappa shape index (κ1) is 11.8. The predicted molar refractivity (Wildman–Crippen MR) is 36.4 cm³/mol. The van der Waals surface area contributed by atoms with Gasteiger partial charge in [0.15, 0.2) is 0 Å².